The highest BCUT2D eigenvalue weighted by atomic mass is 35.5. The molecule has 4 aromatic rings. The Morgan fingerprint density at radius 3 is 2.61 bits per heavy atom. The summed E-state index contributed by atoms with van der Waals surface area (Å²) in [4.78, 5) is 3.40. The van der Waals surface area contributed by atoms with E-state index in [-0.39, 0.29) is 5.13 Å². The van der Waals surface area contributed by atoms with Crippen LogP contribution in [0.5, 0.6) is 0 Å². The molecule has 0 spiro atoms. The van der Waals surface area contributed by atoms with Gasteiger partial charge >= 0.3 is 0 Å². The Bertz CT molecular complexity index is 1310. The van der Waals surface area contributed by atoms with Crippen molar-refractivity contribution in [3.05, 3.63) is 82.2 Å². The van der Waals surface area contributed by atoms with Gasteiger partial charge in [-0.1, -0.05) is 23.7 Å². The smallest absolute Gasteiger partial charge is 0.266 e. The monoisotopic (exact) mass is 477 g/mol. The zero-order valence-corrected chi connectivity index (χ0v) is 18.6. The van der Waals surface area contributed by atoms with E-state index in [2.05, 4.69) is 20.1 Å². The number of rotatable bonds is 7. The number of hydrogen-bond donors (Lipinski definition) is 2. The fraction of sp³-hybridized carbons (Fsp3) is 0.100. The standard InChI is InChI=1S/C20H17ClFN5O2S2/c1-27-19(12-16(25-27)10-13-2-4-14(21)5-3-13)24-15-6-7-18(17(22)11-15)31(28,29)26-20-23-8-9-30-20/h2-9,11-12,24H,10H2,1H3,(H,23,26). The van der Waals surface area contributed by atoms with Crippen LogP contribution >= 0.6 is 22.9 Å². The van der Waals surface area contributed by atoms with Gasteiger partial charge in [0.15, 0.2) is 5.13 Å². The molecular formula is C20H17ClFN5O2S2. The van der Waals surface area contributed by atoms with Crippen molar-refractivity contribution in [3.8, 4) is 0 Å². The van der Waals surface area contributed by atoms with Crippen molar-refractivity contribution in [2.45, 2.75) is 11.3 Å². The molecule has 2 heterocycles. The van der Waals surface area contributed by atoms with E-state index in [1.807, 2.05) is 30.3 Å². The second kappa shape index (κ2) is 8.66. The third kappa shape index (κ3) is 5.04. The van der Waals surface area contributed by atoms with Gasteiger partial charge in [0.05, 0.1) is 5.69 Å². The summed E-state index contributed by atoms with van der Waals surface area (Å²) >= 11 is 7.02. The number of aryl methyl sites for hydroxylation is 1. The zero-order valence-electron chi connectivity index (χ0n) is 16.2. The van der Waals surface area contributed by atoms with Crippen LogP contribution in [0.25, 0.3) is 0 Å². The average molecular weight is 478 g/mol. The van der Waals surface area contributed by atoms with Gasteiger partial charge in [-0.15, -0.1) is 11.3 Å². The summed E-state index contributed by atoms with van der Waals surface area (Å²) in [6, 6.07) is 13.2. The Labute approximate surface area is 187 Å². The van der Waals surface area contributed by atoms with Gasteiger partial charge in [0.25, 0.3) is 10.0 Å². The number of nitrogens with zero attached hydrogens (tertiary/aromatic N) is 3. The molecule has 31 heavy (non-hydrogen) atoms. The van der Waals surface area contributed by atoms with Crippen LogP contribution in [0.1, 0.15) is 11.3 Å². The van der Waals surface area contributed by atoms with Crippen LogP contribution in [-0.2, 0) is 23.5 Å². The number of thiazole rings is 1. The van der Waals surface area contributed by atoms with Crippen LogP contribution in [-0.4, -0.2) is 23.2 Å². The molecule has 0 bridgehead atoms. The first-order chi connectivity index (χ1) is 14.8. The van der Waals surface area contributed by atoms with Gasteiger partial charge < -0.3 is 5.32 Å². The second-order valence-corrected chi connectivity index (χ2v) is 9.64. The molecule has 0 fully saturated rings. The minimum absolute atomic E-state index is 0.171. The summed E-state index contributed by atoms with van der Waals surface area (Å²) in [5, 5.41) is 9.99. The topological polar surface area (TPSA) is 88.9 Å². The van der Waals surface area contributed by atoms with Crippen LogP contribution < -0.4 is 10.0 Å². The predicted octanol–water partition coefficient (Wildman–Crippen LogP) is 4.80. The fourth-order valence-corrected chi connectivity index (χ4v) is 4.90. The third-order valence-electron chi connectivity index (χ3n) is 4.38. The summed E-state index contributed by atoms with van der Waals surface area (Å²) in [5.74, 6) is -0.238. The first-order valence-electron chi connectivity index (χ1n) is 9.06. The fourth-order valence-electron chi connectivity index (χ4n) is 2.93. The molecule has 0 aliphatic heterocycles. The number of aromatic nitrogens is 3. The summed E-state index contributed by atoms with van der Waals surface area (Å²) < 4.78 is 43.3. The molecule has 0 aliphatic rings. The van der Waals surface area contributed by atoms with Gasteiger partial charge in [0, 0.05) is 41.8 Å². The Kier molecular flexibility index (Phi) is 5.94. The van der Waals surface area contributed by atoms with Crippen molar-refractivity contribution >= 4 is 49.6 Å². The maximum absolute atomic E-state index is 14.6. The van der Waals surface area contributed by atoms with Crippen LogP contribution in [0, 0.1) is 5.82 Å². The zero-order chi connectivity index (χ0) is 22.0. The second-order valence-electron chi connectivity index (χ2n) is 6.66. The molecule has 0 radical (unpaired) electrons. The number of halogens is 2. The lowest BCUT2D eigenvalue weighted by Gasteiger charge is -2.10. The van der Waals surface area contributed by atoms with Gasteiger partial charge in [0.1, 0.15) is 16.5 Å². The van der Waals surface area contributed by atoms with Crippen molar-refractivity contribution in [2.24, 2.45) is 7.05 Å². The molecule has 7 nitrogen and oxygen atoms in total. The molecule has 0 aliphatic carbocycles. The SMILES string of the molecule is Cn1nc(Cc2ccc(Cl)cc2)cc1Nc1ccc(S(=O)(=O)Nc2nccs2)c(F)c1. The Hall–Kier alpha value is -2.95. The molecule has 0 unspecified atom stereocenters. The van der Waals surface area contributed by atoms with E-state index >= 15 is 0 Å². The molecule has 0 saturated carbocycles. The van der Waals surface area contributed by atoms with Crippen LogP contribution in [0.15, 0.2) is 65.0 Å². The molecule has 0 amide bonds. The largest absolute Gasteiger partial charge is 0.340 e. The highest BCUT2D eigenvalue weighted by Crippen LogP contribution is 2.25. The van der Waals surface area contributed by atoms with Crippen molar-refractivity contribution in [1.29, 1.82) is 0 Å². The molecular weight excluding hydrogens is 461 g/mol. The van der Waals surface area contributed by atoms with Gasteiger partial charge in [-0.05, 0) is 35.9 Å². The van der Waals surface area contributed by atoms with E-state index in [0.29, 0.717) is 22.9 Å². The van der Waals surface area contributed by atoms with E-state index in [1.54, 1.807) is 17.1 Å². The number of hydrogen-bond acceptors (Lipinski definition) is 6. The molecule has 2 aromatic heterocycles. The normalized spacial score (nSPS) is 11.5. The molecule has 0 saturated heterocycles. The average Bonchev–Trinajstić information content (AvgIpc) is 3.33. The maximum atomic E-state index is 14.6. The maximum Gasteiger partial charge on any atom is 0.266 e. The number of anilines is 3. The highest BCUT2D eigenvalue weighted by molar-refractivity contribution is 7.93. The van der Waals surface area contributed by atoms with Crippen LogP contribution in [0.3, 0.4) is 0 Å². The number of benzene rings is 2. The lowest BCUT2D eigenvalue weighted by molar-refractivity contribution is 0.570. The van der Waals surface area contributed by atoms with Gasteiger partial charge in [-0.25, -0.2) is 17.8 Å². The number of nitrogens with one attached hydrogen (secondary N) is 2. The molecule has 11 heteroatoms. The lowest BCUT2D eigenvalue weighted by atomic mass is 10.1. The van der Waals surface area contributed by atoms with Gasteiger partial charge in [-0.2, -0.15) is 5.10 Å². The van der Waals surface area contributed by atoms with E-state index in [0.717, 1.165) is 28.7 Å². The van der Waals surface area contributed by atoms with E-state index in [4.69, 9.17) is 11.6 Å². The highest BCUT2D eigenvalue weighted by Gasteiger charge is 2.20. The molecule has 2 N–H and O–H groups in total. The Morgan fingerprint density at radius 1 is 1.16 bits per heavy atom. The van der Waals surface area contributed by atoms with E-state index < -0.39 is 20.7 Å². The van der Waals surface area contributed by atoms with Crippen molar-refractivity contribution in [1.82, 2.24) is 14.8 Å². The third-order valence-corrected chi connectivity index (χ3v) is 6.82. The molecule has 0 atom stereocenters. The van der Waals surface area contributed by atoms with Crippen LogP contribution in [0.4, 0.5) is 21.0 Å². The quantitative estimate of drug-likeness (QED) is 0.399. The summed E-state index contributed by atoms with van der Waals surface area (Å²) in [7, 11) is -2.31. The summed E-state index contributed by atoms with van der Waals surface area (Å²) in [6.45, 7) is 0. The van der Waals surface area contributed by atoms with Crippen molar-refractivity contribution < 1.29 is 12.8 Å². The summed E-state index contributed by atoms with van der Waals surface area (Å²) in [6.07, 6.45) is 2.07. The first-order valence-corrected chi connectivity index (χ1v) is 11.8. The van der Waals surface area contributed by atoms with E-state index in [1.165, 1.54) is 18.3 Å². The predicted molar refractivity (Wildman–Crippen MR) is 120 cm³/mol. The van der Waals surface area contributed by atoms with E-state index in [9.17, 15) is 12.8 Å². The Morgan fingerprint density at radius 2 is 1.94 bits per heavy atom. The molecule has 160 valence electrons. The van der Waals surface area contributed by atoms with Crippen molar-refractivity contribution in [2.75, 3.05) is 10.0 Å². The van der Waals surface area contributed by atoms with Gasteiger partial charge in [-0.3, -0.25) is 9.40 Å². The lowest BCUT2D eigenvalue weighted by Crippen LogP contribution is -2.14. The molecule has 4 rings (SSSR count). The van der Waals surface area contributed by atoms with Gasteiger partial charge in [0.2, 0.25) is 0 Å². The minimum atomic E-state index is -4.08. The first kappa shape index (κ1) is 21.3. The minimum Gasteiger partial charge on any atom is -0.340 e. The Balaban J connectivity index is 1.50. The van der Waals surface area contributed by atoms with Crippen LogP contribution in [0.2, 0.25) is 5.02 Å². The summed E-state index contributed by atoms with van der Waals surface area (Å²) in [5.41, 5.74) is 2.27. The molecule has 2 aromatic carbocycles. The number of sulfonamides is 1. The van der Waals surface area contributed by atoms with Crippen molar-refractivity contribution in [3.63, 3.8) is 0 Å².